The van der Waals surface area contributed by atoms with E-state index in [2.05, 4.69) is 68.2 Å². The van der Waals surface area contributed by atoms with Gasteiger partial charge in [-0.05, 0) is 48.9 Å². The van der Waals surface area contributed by atoms with E-state index in [0.29, 0.717) is 12.1 Å². The van der Waals surface area contributed by atoms with Crippen LogP contribution in [0.25, 0.3) is 0 Å². The Balaban J connectivity index is 1.53. The van der Waals surface area contributed by atoms with Gasteiger partial charge in [-0.25, -0.2) is 0 Å². The summed E-state index contributed by atoms with van der Waals surface area (Å²) in [5, 5.41) is 3.18. The van der Waals surface area contributed by atoms with Crippen LogP contribution in [0.15, 0.2) is 46.9 Å². The van der Waals surface area contributed by atoms with Crippen molar-refractivity contribution in [2.75, 3.05) is 58.3 Å². The van der Waals surface area contributed by atoms with Gasteiger partial charge in [-0.3, -0.25) is 9.69 Å². The lowest BCUT2D eigenvalue weighted by Gasteiger charge is -2.38. The zero-order chi connectivity index (χ0) is 20.4. The fourth-order valence-corrected chi connectivity index (χ4v) is 4.71. The van der Waals surface area contributed by atoms with E-state index in [4.69, 9.17) is 0 Å². The molecule has 1 N–H and O–H groups in total. The van der Waals surface area contributed by atoms with Crippen molar-refractivity contribution >= 4 is 27.5 Å². The SMILES string of the molecule is CN1CCN(C(CNC(=O)c2cccc(Br)c2)c2ccc3c(c2)CCN3C)CC1. The summed E-state index contributed by atoms with van der Waals surface area (Å²) in [6, 6.07) is 14.6. The fourth-order valence-electron chi connectivity index (χ4n) is 4.31. The monoisotopic (exact) mass is 456 g/mol. The summed E-state index contributed by atoms with van der Waals surface area (Å²) < 4.78 is 0.920. The molecule has 154 valence electrons. The molecule has 0 saturated carbocycles. The molecule has 0 bridgehead atoms. The summed E-state index contributed by atoms with van der Waals surface area (Å²) in [7, 11) is 4.33. The van der Waals surface area contributed by atoms with Crippen LogP contribution >= 0.6 is 15.9 Å². The van der Waals surface area contributed by atoms with E-state index >= 15 is 0 Å². The number of halogens is 1. The van der Waals surface area contributed by atoms with Crippen molar-refractivity contribution in [3.8, 4) is 0 Å². The van der Waals surface area contributed by atoms with Gasteiger partial charge in [0.25, 0.3) is 5.91 Å². The number of hydrogen-bond donors (Lipinski definition) is 1. The topological polar surface area (TPSA) is 38.8 Å². The summed E-state index contributed by atoms with van der Waals surface area (Å²) in [6.07, 6.45) is 1.10. The van der Waals surface area contributed by atoms with E-state index in [9.17, 15) is 4.79 Å². The van der Waals surface area contributed by atoms with Crippen LogP contribution in [0.1, 0.15) is 27.5 Å². The number of piperazine rings is 1. The van der Waals surface area contributed by atoms with Crippen molar-refractivity contribution in [3.63, 3.8) is 0 Å². The van der Waals surface area contributed by atoms with Gasteiger partial charge in [-0.15, -0.1) is 0 Å². The Hall–Kier alpha value is -1.89. The summed E-state index contributed by atoms with van der Waals surface area (Å²) in [4.78, 5) is 19.9. The highest BCUT2D eigenvalue weighted by Gasteiger charge is 2.26. The van der Waals surface area contributed by atoms with Gasteiger partial charge in [-0.1, -0.05) is 34.1 Å². The Bertz CT molecular complexity index is 879. The molecule has 2 aliphatic heterocycles. The number of nitrogens with zero attached hydrogens (tertiary/aromatic N) is 3. The number of likely N-dealkylation sites (N-methyl/N-ethyl adjacent to an activating group) is 2. The third kappa shape index (κ3) is 4.65. The van der Waals surface area contributed by atoms with Gasteiger partial charge in [0.2, 0.25) is 0 Å². The van der Waals surface area contributed by atoms with Crippen LogP contribution in [-0.4, -0.2) is 69.1 Å². The van der Waals surface area contributed by atoms with Gasteiger partial charge in [-0.2, -0.15) is 0 Å². The van der Waals surface area contributed by atoms with Crippen LogP contribution < -0.4 is 10.2 Å². The molecule has 29 heavy (non-hydrogen) atoms. The summed E-state index contributed by atoms with van der Waals surface area (Å²) in [5.41, 5.74) is 4.75. The van der Waals surface area contributed by atoms with Crippen molar-refractivity contribution < 1.29 is 4.79 Å². The second kappa shape index (κ2) is 8.86. The lowest BCUT2D eigenvalue weighted by molar-refractivity contribution is 0.0886. The molecule has 1 fully saturated rings. The Kier molecular flexibility index (Phi) is 6.23. The maximum Gasteiger partial charge on any atom is 0.251 e. The van der Waals surface area contributed by atoms with Gasteiger partial charge in [0.1, 0.15) is 0 Å². The number of rotatable bonds is 5. The standard InChI is InChI=1S/C23H29BrN4O/c1-26-10-12-28(13-11-26)22(16-25-23(29)19-4-3-5-20(24)15-19)17-6-7-21-18(14-17)8-9-27(21)2/h3-7,14-15,22H,8-13,16H2,1-2H3,(H,25,29). The van der Waals surface area contributed by atoms with Crippen LogP contribution in [0.3, 0.4) is 0 Å². The number of carbonyl (C=O) groups is 1. The largest absolute Gasteiger partial charge is 0.374 e. The molecule has 4 rings (SSSR count). The Labute approximate surface area is 181 Å². The highest BCUT2D eigenvalue weighted by atomic mass is 79.9. The van der Waals surface area contributed by atoms with Crippen LogP contribution in [0.4, 0.5) is 5.69 Å². The van der Waals surface area contributed by atoms with E-state index < -0.39 is 0 Å². The molecule has 0 spiro atoms. The molecule has 5 nitrogen and oxygen atoms in total. The van der Waals surface area contributed by atoms with Crippen LogP contribution in [0, 0.1) is 0 Å². The predicted molar refractivity (Wildman–Crippen MR) is 122 cm³/mol. The minimum atomic E-state index is -0.0219. The number of benzene rings is 2. The average molecular weight is 457 g/mol. The zero-order valence-corrected chi connectivity index (χ0v) is 18.8. The summed E-state index contributed by atoms with van der Waals surface area (Å²) >= 11 is 3.45. The third-order valence-electron chi connectivity index (χ3n) is 6.14. The van der Waals surface area contributed by atoms with Gasteiger partial charge in [0.15, 0.2) is 0 Å². The molecule has 2 aromatic carbocycles. The number of amides is 1. The molecule has 1 saturated heterocycles. The highest BCUT2D eigenvalue weighted by Crippen LogP contribution is 2.31. The fraction of sp³-hybridized carbons (Fsp3) is 0.435. The van der Waals surface area contributed by atoms with E-state index in [1.807, 2.05) is 24.3 Å². The zero-order valence-electron chi connectivity index (χ0n) is 17.2. The van der Waals surface area contributed by atoms with Gasteiger partial charge in [0.05, 0.1) is 6.04 Å². The van der Waals surface area contributed by atoms with Crippen LogP contribution in [-0.2, 0) is 6.42 Å². The molecule has 6 heteroatoms. The molecule has 1 unspecified atom stereocenters. The number of fused-ring (bicyclic) bond motifs is 1. The molecular weight excluding hydrogens is 428 g/mol. The lowest BCUT2D eigenvalue weighted by Crippen LogP contribution is -2.48. The van der Waals surface area contributed by atoms with Crippen molar-refractivity contribution in [1.29, 1.82) is 0 Å². The molecule has 2 aliphatic rings. The minimum absolute atomic E-state index is 0.0219. The van der Waals surface area contributed by atoms with Crippen molar-refractivity contribution in [2.45, 2.75) is 12.5 Å². The highest BCUT2D eigenvalue weighted by molar-refractivity contribution is 9.10. The van der Waals surface area contributed by atoms with Gasteiger partial charge in [0, 0.05) is 62.0 Å². The Morgan fingerprint density at radius 3 is 2.62 bits per heavy atom. The minimum Gasteiger partial charge on any atom is -0.374 e. The third-order valence-corrected chi connectivity index (χ3v) is 6.63. The van der Waals surface area contributed by atoms with Crippen molar-refractivity contribution in [3.05, 3.63) is 63.6 Å². The molecule has 1 amide bonds. The van der Waals surface area contributed by atoms with E-state index in [-0.39, 0.29) is 11.9 Å². The first-order chi connectivity index (χ1) is 14.0. The van der Waals surface area contributed by atoms with Gasteiger partial charge < -0.3 is 15.1 Å². The quantitative estimate of drug-likeness (QED) is 0.749. The first-order valence-electron chi connectivity index (χ1n) is 10.3. The van der Waals surface area contributed by atoms with E-state index in [1.165, 1.54) is 16.8 Å². The Morgan fingerprint density at radius 1 is 1.07 bits per heavy atom. The summed E-state index contributed by atoms with van der Waals surface area (Å²) in [6.45, 7) is 5.85. The van der Waals surface area contributed by atoms with Crippen LogP contribution in [0.2, 0.25) is 0 Å². The molecular formula is C23H29BrN4O. The number of hydrogen-bond acceptors (Lipinski definition) is 4. The molecule has 0 aromatic heterocycles. The normalized spacial score (nSPS) is 18.5. The first kappa shape index (κ1) is 20.4. The maximum atomic E-state index is 12.7. The van der Waals surface area contributed by atoms with Crippen LogP contribution in [0.5, 0.6) is 0 Å². The smallest absolute Gasteiger partial charge is 0.251 e. The van der Waals surface area contributed by atoms with Crippen molar-refractivity contribution in [1.82, 2.24) is 15.1 Å². The predicted octanol–water partition coefficient (Wildman–Crippen LogP) is 3.16. The second-order valence-corrected chi connectivity index (χ2v) is 9.05. The molecule has 2 heterocycles. The number of anilines is 1. The lowest BCUT2D eigenvalue weighted by atomic mass is 10.00. The average Bonchev–Trinajstić information content (AvgIpc) is 3.09. The second-order valence-electron chi connectivity index (χ2n) is 8.14. The number of nitrogens with one attached hydrogen (secondary N) is 1. The van der Waals surface area contributed by atoms with E-state index in [0.717, 1.165) is 43.6 Å². The van der Waals surface area contributed by atoms with E-state index in [1.54, 1.807) is 0 Å². The summed E-state index contributed by atoms with van der Waals surface area (Å²) in [5.74, 6) is -0.0219. The molecule has 0 aliphatic carbocycles. The maximum absolute atomic E-state index is 12.7. The molecule has 1 atom stereocenters. The molecule has 0 radical (unpaired) electrons. The molecule has 2 aromatic rings. The Morgan fingerprint density at radius 2 is 1.86 bits per heavy atom. The van der Waals surface area contributed by atoms with Gasteiger partial charge >= 0.3 is 0 Å². The number of carbonyl (C=O) groups excluding carboxylic acids is 1. The van der Waals surface area contributed by atoms with Crippen molar-refractivity contribution in [2.24, 2.45) is 0 Å². The first-order valence-corrected chi connectivity index (χ1v) is 11.1.